The van der Waals surface area contributed by atoms with Crippen molar-refractivity contribution in [3.8, 4) is 0 Å². The van der Waals surface area contributed by atoms with Gasteiger partial charge in [-0.05, 0) is 39.2 Å². The molecular formula is C21H31N3O5. The van der Waals surface area contributed by atoms with Gasteiger partial charge in [0.1, 0.15) is 12.2 Å². The summed E-state index contributed by atoms with van der Waals surface area (Å²) in [6, 6.07) is 9.48. The van der Waals surface area contributed by atoms with Gasteiger partial charge in [0.25, 0.3) is 0 Å². The quantitative estimate of drug-likeness (QED) is 0.759. The molecule has 0 atom stereocenters. The van der Waals surface area contributed by atoms with Crippen LogP contribution in [0.15, 0.2) is 30.3 Å². The third-order valence-electron chi connectivity index (χ3n) is 4.39. The van der Waals surface area contributed by atoms with E-state index < -0.39 is 17.8 Å². The Bertz CT molecular complexity index is 679. The zero-order chi connectivity index (χ0) is 21.3. The molecule has 29 heavy (non-hydrogen) atoms. The molecule has 2 rings (SSSR count). The van der Waals surface area contributed by atoms with E-state index in [9.17, 15) is 14.4 Å². The molecule has 0 aliphatic carbocycles. The van der Waals surface area contributed by atoms with Crippen LogP contribution < -0.4 is 10.6 Å². The second kappa shape index (κ2) is 10.7. The summed E-state index contributed by atoms with van der Waals surface area (Å²) in [5.74, 6) is -0.0221. The van der Waals surface area contributed by atoms with Gasteiger partial charge < -0.3 is 25.0 Å². The Morgan fingerprint density at radius 3 is 2.34 bits per heavy atom. The van der Waals surface area contributed by atoms with Crippen LogP contribution in [-0.2, 0) is 20.9 Å². The van der Waals surface area contributed by atoms with Gasteiger partial charge >= 0.3 is 12.2 Å². The van der Waals surface area contributed by atoms with Crippen molar-refractivity contribution in [2.75, 3.05) is 19.6 Å². The molecule has 0 unspecified atom stereocenters. The van der Waals surface area contributed by atoms with Crippen LogP contribution in [0.1, 0.15) is 45.6 Å². The van der Waals surface area contributed by atoms with Crippen molar-refractivity contribution in [1.82, 2.24) is 15.5 Å². The van der Waals surface area contributed by atoms with Crippen molar-refractivity contribution in [3.05, 3.63) is 35.9 Å². The molecule has 1 heterocycles. The van der Waals surface area contributed by atoms with Gasteiger partial charge in [0.05, 0.1) is 0 Å². The number of likely N-dealkylation sites (tertiary alicyclic amines) is 1. The van der Waals surface area contributed by atoms with Gasteiger partial charge in [-0.1, -0.05) is 30.3 Å². The van der Waals surface area contributed by atoms with E-state index in [1.165, 1.54) is 0 Å². The van der Waals surface area contributed by atoms with E-state index in [-0.39, 0.29) is 31.5 Å². The fourth-order valence-electron chi connectivity index (χ4n) is 2.95. The molecule has 0 bridgehead atoms. The number of nitrogens with one attached hydrogen (secondary N) is 2. The Balaban J connectivity index is 1.61. The highest BCUT2D eigenvalue weighted by molar-refractivity contribution is 5.77. The Morgan fingerprint density at radius 2 is 1.72 bits per heavy atom. The molecule has 0 spiro atoms. The minimum absolute atomic E-state index is 0.0118. The van der Waals surface area contributed by atoms with Crippen LogP contribution in [-0.4, -0.2) is 54.3 Å². The highest BCUT2D eigenvalue weighted by Gasteiger charge is 2.24. The molecule has 0 saturated carbocycles. The van der Waals surface area contributed by atoms with Crippen LogP contribution in [0.2, 0.25) is 0 Å². The highest BCUT2D eigenvalue weighted by atomic mass is 16.6. The largest absolute Gasteiger partial charge is 0.445 e. The number of rotatable bonds is 6. The van der Waals surface area contributed by atoms with E-state index in [1.807, 2.05) is 30.3 Å². The van der Waals surface area contributed by atoms with Crippen LogP contribution >= 0.6 is 0 Å². The van der Waals surface area contributed by atoms with Gasteiger partial charge in [-0.2, -0.15) is 0 Å². The van der Waals surface area contributed by atoms with Crippen molar-refractivity contribution in [2.45, 2.75) is 58.3 Å². The number of nitrogens with zero attached hydrogens (tertiary/aromatic N) is 1. The number of ether oxygens (including phenoxy) is 2. The number of piperidine rings is 1. The fourth-order valence-corrected chi connectivity index (χ4v) is 2.95. The predicted octanol–water partition coefficient (Wildman–Crippen LogP) is 2.82. The second-order valence-electron chi connectivity index (χ2n) is 8.04. The molecule has 8 heteroatoms. The summed E-state index contributed by atoms with van der Waals surface area (Å²) in [5, 5.41) is 5.45. The molecule has 1 fully saturated rings. The summed E-state index contributed by atoms with van der Waals surface area (Å²) in [7, 11) is 0. The molecule has 1 saturated heterocycles. The number of benzene rings is 1. The standard InChI is InChI=1S/C21H31N3O5/c1-21(2,3)29-19(26)22-12-9-18(25)24-13-10-17(11-14-24)23-20(27)28-15-16-7-5-4-6-8-16/h4-8,17H,9-15H2,1-3H3,(H,22,26)(H,23,27). The van der Waals surface area contributed by atoms with Crippen LogP contribution in [0.5, 0.6) is 0 Å². The van der Waals surface area contributed by atoms with E-state index in [0.29, 0.717) is 25.9 Å². The normalized spacial score (nSPS) is 14.8. The van der Waals surface area contributed by atoms with Crippen LogP contribution in [0.4, 0.5) is 9.59 Å². The van der Waals surface area contributed by atoms with Crippen molar-refractivity contribution >= 4 is 18.1 Å². The van der Waals surface area contributed by atoms with E-state index >= 15 is 0 Å². The highest BCUT2D eigenvalue weighted by Crippen LogP contribution is 2.12. The van der Waals surface area contributed by atoms with Gasteiger partial charge in [-0.25, -0.2) is 9.59 Å². The van der Waals surface area contributed by atoms with Gasteiger partial charge in [0.2, 0.25) is 5.91 Å². The first-order valence-corrected chi connectivity index (χ1v) is 9.95. The number of hydrogen-bond donors (Lipinski definition) is 2. The van der Waals surface area contributed by atoms with E-state index in [2.05, 4.69) is 10.6 Å². The second-order valence-corrected chi connectivity index (χ2v) is 8.04. The Labute approximate surface area is 171 Å². The Morgan fingerprint density at radius 1 is 1.07 bits per heavy atom. The lowest BCUT2D eigenvalue weighted by Crippen LogP contribution is -2.47. The maximum Gasteiger partial charge on any atom is 0.407 e. The Hall–Kier alpha value is -2.77. The summed E-state index contributed by atoms with van der Waals surface area (Å²) in [6.45, 7) is 6.95. The first-order valence-electron chi connectivity index (χ1n) is 9.95. The molecule has 1 aromatic carbocycles. The maximum absolute atomic E-state index is 12.3. The van der Waals surface area contributed by atoms with E-state index in [4.69, 9.17) is 9.47 Å². The minimum atomic E-state index is -0.564. The van der Waals surface area contributed by atoms with Crippen LogP contribution in [0.3, 0.4) is 0 Å². The lowest BCUT2D eigenvalue weighted by Gasteiger charge is -2.32. The van der Waals surface area contributed by atoms with Crippen LogP contribution in [0, 0.1) is 0 Å². The molecular weight excluding hydrogens is 374 g/mol. The fraction of sp³-hybridized carbons (Fsp3) is 0.571. The topological polar surface area (TPSA) is 97.0 Å². The smallest absolute Gasteiger partial charge is 0.407 e. The third-order valence-corrected chi connectivity index (χ3v) is 4.39. The monoisotopic (exact) mass is 405 g/mol. The van der Waals surface area contributed by atoms with Crippen molar-refractivity contribution in [2.24, 2.45) is 0 Å². The van der Waals surface area contributed by atoms with Gasteiger partial charge in [0, 0.05) is 32.1 Å². The number of alkyl carbamates (subject to hydrolysis) is 2. The number of carbonyl (C=O) groups excluding carboxylic acids is 3. The molecule has 1 aliphatic heterocycles. The summed E-state index contributed by atoms with van der Waals surface area (Å²) in [5.41, 5.74) is 0.369. The summed E-state index contributed by atoms with van der Waals surface area (Å²) in [4.78, 5) is 37.6. The molecule has 160 valence electrons. The summed E-state index contributed by atoms with van der Waals surface area (Å²) < 4.78 is 10.4. The molecule has 1 aliphatic rings. The van der Waals surface area contributed by atoms with Crippen molar-refractivity contribution in [3.63, 3.8) is 0 Å². The molecule has 0 aromatic heterocycles. The predicted molar refractivity (Wildman–Crippen MR) is 108 cm³/mol. The molecule has 1 aromatic rings. The van der Waals surface area contributed by atoms with Crippen LogP contribution in [0.25, 0.3) is 0 Å². The average molecular weight is 405 g/mol. The molecule has 3 amide bonds. The SMILES string of the molecule is CC(C)(C)OC(=O)NCCC(=O)N1CCC(NC(=O)OCc2ccccc2)CC1. The molecule has 2 N–H and O–H groups in total. The zero-order valence-electron chi connectivity index (χ0n) is 17.4. The van der Waals surface area contributed by atoms with E-state index in [0.717, 1.165) is 5.56 Å². The number of hydrogen-bond acceptors (Lipinski definition) is 5. The lowest BCUT2D eigenvalue weighted by atomic mass is 10.0. The summed E-state index contributed by atoms with van der Waals surface area (Å²) >= 11 is 0. The Kier molecular flexibility index (Phi) is 8.30. The van der Waals surface area contributed by atoms with Gasteiger partial charge in [-0.15, -0.1) is 0 Å². The summed E-state index contributed by atoms with van der Waals surface area (Å²) in [6.07, 6.45) is 0.593. The number of amides is 3. The van der Waals surface area contributed by atoms with Gasteiger partial charge in [0.15, 0.2) is 0 Å². The number of carbonyl (C=O) groups is 3. The molecule has 8 nitrogen and oxygen atoms in total. The van der Waals surface area contributed by atoms with Crippen molar-refractivity contribution < 1.29 is 23.9 Å². The first-order chi connectivity index (χ1) is 13.7. The van der Waals surface area contributed by atoms with Gasteiger partial charge in [-0.3, -0.25) is 4.79 Å². The maximum atomic E-state index is 12.3. The average Bonchev–Trinajstić information content (AvgIpc) is 2.66. The van der Waals surface area contributed by atoms with Crippen molar-refractivity contribution in [1.29, 1.82) is 0 Å². The lowest BCUT2D eigenvalue weighted by molar-refractivity contribution is -0.132. The first kappa shape index (κ1) is 22.5. The minimum Gasteiger partial charge on any atom is -0.445 e. The molecule has 0 radical (unpaired) electrons. The zero-order valence-corrected chi connectivity index (χ0v) is 17.4. The third kappa shape index (κ3) is 8.85. The van der Waals surface area contributed by atoms with E-state index in [1.54, 1.807) is 25.7 Å².